The van der Waals surface area contributed by atoms with Gasteiger partial charge in [-0.3, -0.25) is 4.52 Å². The van der Waals surface area contributed by atoms with E-state index in [-0.39, 0.29) is 6.10 Å². The van der Waals surface area contributed by atoms with E-state index < -0.39 is 14.6 Å². The topological polar surface area (TPSA) is 44.8 Å². The van der Waals surface area contributed by atoms with Crippen molar-refractivity contribution in [3.8, 4) is 0 Å². The lowest BCUT2D eigenvalue weighted by Crippen LogP contribution is -2.04. The molecule has 4 nitrogen and oxygen atoms in total. The first-order chi connectivity index (χ1) is 5.60. The lowest BCUT2D eigenvalue weighted by Gasteiger charge is -2.14. The second-order valence-electron chi connectivity index (χ2n) is 2.17. The lowest BCUT2D eigenvalue weighted by atomic mass is 10.5. The van der Waals surface area contributed by atoms with Gasteiger partial charge in [0.25, 0.3) is 0 Å². The van der Waals surface area contributed by atoms with Crippen molar-refractivity contribution in [2.75, 3.05) is 7.11 Å². The third-order valence-corrected chi connectivity index (χ3v) is 2.00. The van der Waals surface area contributed by atoms with E-state index in [0.29, 0.717) is 0 Å². The van der Waals surface area contributed by atoms with Crippen molar-refractivity contribution in [2.24, 2.45) is 0 Å². The Balaban J connectivity index is 3.82. The molecule has 0 aromatic heterocycles. The molecule has 0 heterocycles. The standard InChI is InChI=1S/C7H13O4P/c1-5-7(8)11-12(9-4)10-6(2)3/h5-6H,1H2,2-4H3. The van der Waals surface area contributed by atoms with Gasteiger partial charge in [-0.25, -0.2) is 4.79 Å². The van der Waals surface area contributed by atoms with Crippen LogP contribution in [0.25, 0.3) is 0 Å². The molecule has 0 saturated heterocycles. The smallest absolute Gasteiger partial charge is 0.391 e. The molecule has 1 atom stereocenters. The van der Waals surface area contributed by atoms with Gasteiger partial charge in [0.05, 0.1) is 6.10 Å². The number of carbonyl (C=O) groups is 1. The molecule has 0 spiro atoms. The first-order valence-electron chi connectivity index (χ1n) is 3.45. The maximum Gasteiger partial charge on any atom is 0.399 e. The average Bonchev–Trinajstić information content (AvgIpc) is 2.02. The Morgan fingerprint density at radius 2 is 2.17 bits per heavy atom. The van der Waals surface area contributed by atoms with Crippen LogP contribution in [0.1, 0.15) is 13.8 Å². The summed E-state index contributed by atoms with van der Waals surface area (Å²) in [5.74, 6) is -0.538. The predicted molar refractivity (Wildman–Crippen MR) is 46.4 cm³/mol. The van der Waals surface area contributed by atoms with Crippen LogP contribution >= 0.6 is 8.60 Å². The fourth-order valence-electron chi connectivity index (χ4n) is 0.385. The van der Waals surface area contributed by atoms with Crippen LogP contribution in [0, 0.1) is 0 Å². The van der Waals surface area contributed by atoms with Gasteiger partial charge in [0.1, 0.15) is 0 Å². The lowest BCUT2D eigenvalue weighted by molar-refractivity contribution is -0.129. The average molecular weight is 192 g/mol. The second kappa shape index (κ2) is 6.12. The van der Waals surface area contributed by atoms with Crippen molar-refractivity contribution in [3.63, 3.8) is 0 Å². The molecule has 0 bridgehead atoms. The van der Waals surface area contributed by atoms with Crippen molar-refractivity contribution in [3.05, 3.63) is 12.7 Å². The summed E-state index contributed by atoms with van der Waals surface area (Å²) in [4.78, 5) is 10.7. The predicted octanol–water partition coefficient (Wildman–Crippen LogP) is 2.01. The highest BCUT2D eigenvalue weighted by molar-refractivity contribution is 7.42. The Kier molecular flexibility index (Phi) is 5.89. The Morgan fingerprint density at radius 1 is 1.58 bits per heavy atom. The molecule has 0 aliphatic heterocycles. The normalized spacial score (nSPS) is 12.7. The number of hydrogen-bond acceptors (Lipinski definition) is 4. The highest BCUT2D eigenvalue weighted by atomic mass is 31.2. The van der Waals surface area contributed by atoms with Gasteiger partial charge in [-0.2, -0.15) is 0 Å². The molecule has 0 radical (unpaired) electrons. The third kappa shape index (κ3) is 5.24. The highest BCUT2D eigenvalue weighted by Crippen LogP contribution is 2.39. The van der Waals surface area contributed by atoms with Crippen LogP contribution in [-0.4, -0.2) is 19.2 Å². The molecule has 0 aliphatic carbocycles. The molecule has 1 unspecified atom stereocenters. The van der Waals surface area contributed by atoms with Gasteiger partial charge in [0, 0.05) is 13.2 Å². The van der Waals surface area contributed by atoms with Crippen LogP contribution in [-0.2, 0) is 18.4 Å². The molecule has 12 heavy (non-hydrogen) atoms. The van der Waals surface area contributed by atoms with Crippen LogP contribution in [0.5, 0.6) is 0 Å². The zero-order valence-corrected chi connectivity index (χ0v) is 8.34. The van der Waals surface area contributed by atoms with Crippen LogP contribution in [0.2, 0.25) is 0 Å². The van der Waals surface area contributed by atoms with Gasteiger partial charge in [-0.1, -0.05) is 6.58 Å². The van der Waals surface area contributed by atoms with Gasteiger partial charge < -0.3 is 9.05 Å². The largest absolute Gasteiger partial charge is 0.399 e. The van der Waals surface area contributed by atoms with E-state index in [1.807, 2.05) is 13.8 Å². The fraction of sp³-hybridized carbons (Fsp3) is 0.571. The van der Waals surface area contributed by atoms with E-state index in [1.54, 1.807) is 0 Å². The first kappa shape index (κ1) is 11.6. The van der Waals surface area contributed by atoms with E-state index in [0.717, 1.165) is 6.08 Å². The summed E-state index contributed by atoms with van der Waals surface area (Å²) in [5, 5.41) is 0. The molecule has 0 amide bonds. The number of rotatable bonds is 5. The van der Waals surface area contributed by atoms with Crippen molar-refractivity contribution in [1.29, 1.82) is 0 Å². The van der Waals surface area contributed by atoms with Crippen LogP contribution in [0.15, 0.2) is 12.7 Å². The van der Waals surface area contributed by atoms with Crippen LogP contribution < -0.4 is 0 Å². The summed E-state index contributed by atoms with van der Waals surface area (Å²) < 4.78 is 14.6. The van der Waals surface area contributed by atoms with E-state index in [1.165, 1.54) is 7.11 Å². The van der Waals surface area contributed by atoms with E-state index in [2.05, 4.69) is 6.58 Å². The minimum absolute atomic E-state index is 0.0336. The molecule has 0 rings (SSSR count). The van der Waals surface area contributed by atoms with Gasteiger partial charge in [0.2, 0.25) is 0 Å². The molecule has 0 aromatic rings. The summed E-state index contributed by atoms with van der Waals surface area (Å²) in [5.41, 5.74) is 0. The van der Waals surface area contributed by atoms with Crippen molar-refractivity contribution in [1.82, 2.24) is 0 Å². The number of carbonyl (C=O) groups excluding carboxylic acids is 1. The summed E-state index contributed by atoms with van der Waals surface area (Å²) >= 11 is 0. The summed E-state index contributed by atoms with van der Waals surface area (Å²) in [6.45, 7) is 6.91. The molecule has 5 heteroatoms. The van der Waals surface area contributed by atoms with Gasteiger partial charge in [0.15, 0.2) is 0 Å². The third-order valence-electron chi connectivity index (χ3n) is 0.777. The summed E-state index contributed by atoms with van der Waals surface area (Å²) in [7, 11) is -0.143. The highest BCUT2D eigenvalue weighted by Gasteiger charge is 2.16. The maximum absolute atomic E-state index is 10.7. The minimum atomic E-state index is -1.56. The van der Waals surface area contributed by atoms with Crippen molar-refractivity contribution in [2.45, 2.75) is 20.0 Å². The molecule has 70 valence electrons. The van der Waals surface area contributed by atoms with Gasteiger partial charge >= 0.3 is 14.6 Å². The van der Waals surface area contributed by atoms with Crippen LogP contribution in [0.3, 0.4) is 0 Å². The summed E-state index contributed by atoms with van der Waals surface area (Å²) in [6.07, 6.45) is 1.03. The molecular formula is C7H13O4P. The first-order valence-corrected chi connectivity index (χ1v) is 4.55. The minimum Gasteiger partial charge on any atom is -0.391 e. The second-order valence-corrected chi connectivity index (χ2v) is 3.38. The zero-order valence-electron chi connectivity index (χ0n) is 7.44. The molecule has 0 N–H and O–H groups in total. The molecule has 0 aromatic carbocycles. The van der Waals surface area contributed by atoms with Crippen LogP contribution in [0.4, 0.5) is 0 Å². The van der Waals surface area contributed by atoms with E-state index >= 15 is 0 Å². The monoisotopic (exact) mass is 192 g/mol. The Bertz CT molecular complexity index is 157. The maximum atomic E-state index is 10.7. The van der Waals surface area contributed by atoms with E-state index in [9.17, 15) is 4.79 Å². The number of hydrogen-bond donors (Lipinski definition) is 0. The van der Waals surface area contributed by atoms with Gasteiger partial charge in [-0.05, 0) is 13.8 Å². The van der Waals surface area contributed by atoms with E-state index in [4.69, 9.17) is 13.6 Å². The van der Waals surface area contributed by atoms with Crippen molar-refractivity contribution < 1.29 is 18.4 Å². The Morgan fingerprint density at radius 3 is 2.50 bits per heavy atom. The molecule has 0 fully saturated rings. The Labute approximate surface area is 73.5 Å². The summed E-state index contributed by atoms with van der Waals surface area (Å²) in [6, 6.07) is 0. The van der Waals surface area contributed by atoms with Gasteiger partial charge in [-0.15, -0.1) is 0 Å². The van der Waals surface area contributed by atoms with Crippen molar-refractivity contribution >= 4 is 14.6 Å². The molecule has 0 aliphatic rings. The Hall–Kier alpha value is -0.440. The SMILES string of the molecule is C=CC(=O)OP(OC)OC(C)C. The molecular weight excluding hydrogens is 179 g/mol. The quantitative estimate of drug-likeness (QED) is 0.493. The molecule has 0 saturated carbocycles. The fourth-order valence-corrected chi connectivity index (χ4v) is 1.15. The zero-order chi connectivity index (χ0) is 9.56.